The Morgan fingerprint density at radius 1 is 1.29 bits per heavy atom. The number of nitrogens with one attached hydrogen (secondary N) is 1. The normalized spacial score (nSPS) is 17.4. The largest absolute Gasteiger partial charge is 0.500 e. The molecule has 0 saturated heterocycles. The van der Waals surface area contributed by atoms with E-state index in [1.807, 2.05) is 6.07 Å². The molecule has 0 radical (unpaired) electrons. The zero-order valence-corrected chi connectivity index (χ0v) is 8.58. The summed E-state index contributed by atoms with van der Waals surface area (Å²) in [6.07, 6.45) is 1.46. The van der Waals surface area contributed by atoms with Gasteiger partial charge in [0.1, 0.15) is 0 Å². The van der Waals surface area contributed by atoms with E-state index < -0.39 is 22.3 Å². The summed E-state index contributed by atoms with van der Waals surface area (Å²) in [5.74, 6) is -1.54. The maximum absolute atomic E-state index is 11.2. The van der Waals surface area contributed by atoms with Gasteiger partial charge in [-0.15, -0.1) is 0 Å². The minimum atomic E-state index is -0.908. The van der Waals surface area contributed by atoms with Crippen molar-refractivity contribution in [2.75, 3.05) is 0 Å². The molecule has 1 aromatic rings. The molecule has 17 heavy (non-hydrogen) atoms. The van der Waals surface area contributed by atoms with Crippen LogP contribution in [-0.4, -0.2) is 15.9 Å². The Labute approximate surface area is 96.0 Å². The van der Waals surface area contributed by atoms with E-state index in [1.165, 1.54) is 6.08 Å². The summed E-state index contributed by atoms with van der Waals surface area (Å²) in [4.78, 5) is 20.8. The molecule has 2 N–H and O–H groups in total. The third-order valence-electron chi connectivity index (χ3n) is 2.24. The lowest BCUT2D eigenvalue weighted by Gasteiger charge is -1.97. The highest BCUT2D eigenvalue weighted by Crippen LogP contribution is 2.20. The van der Waals surface area contributed by atoms with Crippen molar-refractivity contribution in [3.8, 4) is 0 Å². The van der Waals surface area contributed by atoms with E-state index in [9.17, 15) is 20.0 Å². The molecule has 86 valence electrons. The van der Waals surface area contributed by atoms with Crippen LogP contribution in [0.3, 0.4) is 0 Å². The van der Waals surface area contributed by atoms with Gasteiger partial charge in [-0.05, 0) is 11.6 Å². The molecular formula is C11H8N2O4. The van der Waals surface area contributed by atoms with Crippen LogP contribution in [0.5, 0.6) is 0 Å². The van der Waals surface area contributed by atoms with Crippen molar-refractivity contribution in [2.24, 2.45) is 0 Å². The lowest BCUT2D eigenvalue weighted by Crippen LogP contribution is -2.19. The summed E-state index contributed by atoms with van der Waals surface area (Å²) >= 11 is 0. The van der Waals surface area contributed by atoms with E-state index in [1.54, 1.807) is 24.3 Å². The highest BCUT2D eigenvalue weighted by molar-refractivity contribution is 5.98. The van der Waals surface area contributed by atoms with Crippen LogP contribution in [0, 0.1) is 10.1 Å². The van der Waals surface area contributed by atoms with Gasteiger partial charge < -0.3 is 10.4 Å². The van der Waals surface area contributed by atoms with E-state index in [0.717, 1.165) is 5.56 Å². The van der Waals surface area contributed by atoms with Crippen LogP contribution >= 0.6 is 0 Å². The number of amides is 1. The zero-order valence-electron chi connectivity index (χ0n) is 8.58. The Morgan fingerprint density at radius 3 is 2.47 bits per heavy atom. The van der Waals surface area contributed by atoms with Crippen molar-refractivity contribution in [1.82, 2.24) is 5.32 Å². The third-order valence-corrected chi connectivity index (χ3v) is 2.24. The standard InChI is InChI=1S/C11H8N2O4/c14-10-8(6-7-4-2-1-3-5-7)12-11(15)9(10)13(16)17/h1-6,14H,(H,12,15). The number of carbonyl (C=O) groups is 1. The van der Waals surface area contributed by atoms with Crippen molar-refractivity contribution >= 4 is 12.0 Å². The molecule has 0 fully saturated rings. The summed E-state index contributed by atoms with van der Waals surface area (Å²) in [6.45, 7) is 0. The molecule has 1 heterocycles. The molecule has 0 spiro atoms. The fourth-order valence-electron chi connectivity index (χ4n) is 1.47. The molecule has 0 atom stereocenters. The Hall–Kier alpha value is -2.63. The summed E-state index contributed by atoms with van der Waals surface area (Å²) in [6, 6.07) is 8.86. The number of aliphatic hydroxyl groups excluding tert-OH is 1. The number of hydrogen-bond acceptors (Lipinski definition) is 4. The molecule has 1 aliphatic rings. The molecule has 1 amide bonds. The minimum absolute atomic E-state index is 0.0351. The van der Waals surface area contributed by atoms with Crippen molar-refractivity contribution in [1.29, 1.82) is 0 Å². The fourth-order valence-corrected chi connectivity index (χ4v) is 1.47. The number of carbonyl (C=O) groups excluding carboxylic acids is 1. The van der Waals surface area contributed by atoms with Crippen LogP contribution < -0.4 is 5.32 Å². The monoisotopic (exact) mass is 232 g/mol. The molecule has 1 aromatic carbocycles. The predicted octanol–water partition coefficient (Wildman–Crippen LogP) is 1.20. The first kappa shape index (κ1) is 10.9. The van der Waals surface area contributed by atoms with Crippen molar-refractivity contribution in [3.05, 3.63) is 63.2 Å². The summed E-state index contributed by atoms with van der Waals surface area (Å²) in [7, 11) is 0. The quantitative estimate of drug-likeness (QED) is 0.592. The SMILES string of the molecule is O=C1NC(=Cc2ccccc2)C(O)=C1[N+](=O)[O-]. The maximum atomic E-state index is 11.2. The van der Waals surface area contributed by atoms with E-state index in [4.69, 9.17) is 0 Å². The lowest BCUT2D eigenvalue weighted by atomic mass is 10.2. The Morgan fingerprint density at radius 2 is 1.94 bits per heavy atom. The predicted molar refractivity (Wildman–Crippen MR) is 59.2 cm³/mol. The summed E-state index contributed by atoms with van der Waals surface area (Å²) in [5.41, 5.74) is -0.0703. The first-order chi connectivity index (χ1) is 8.09. The highest BCUT2D eigenvalue weighted by atomic mass is 16.6. The third kappa shape index (κ3) is 2.00. The van der Waals surface area contributed by atoms with Crippen LogP contribution in [0.25, 0.3) is 6.08 Å². The number of benzene rings is 1. The van der Waals surface area contributed by atoms with Crippen molar-refractivity contribution in [2.45, 2.75) is 0 Å². The molecule has 0 saturated carbocycles. The second-order valence-electron chi connectivity index (χ2n) is 3.38. The first-order valence-electron chi connectivity index (χ1n) is 4.75. The second kappa shape index (κ2) is 4.09. The molecule has 0 unspecified atom stereocenters. The van der Waals surface area contributed by atoms with Gasteiger partial charge >= 0.3 is 11.6 Å². The average Bonchev–Trinajstić information content (AvgIpc) is 2.55. The first-order valence-corrected chi connectivity index (χ1v) is 4.75. The summed E-state index contributed by atoms with van der Waals surface area (Å²) in [5, 5.41) is 22.3. The number of nitro groups is 1. The highest BCUT2D eigenvalue weighted by Gasteiger charge is 2.37. The van der Waals surface area contributed by atoms with Gasteiger partial charge in [0.15, 0.2) is 0 Å². The van der Waals surface area contributed by atoms with E-state index in [2.05, 4.69) is 5.32 Å². The van der Waals surface area contributed by atoms with Gasteiger partial charge in [-0.25, -0.2) is 0 Å². The van der Waals surface area contributed by atoms with Crippen LogP contribution in [0.2, 0.25) is 0 Å². The van der Waals surface area contributed by atoms with Crippen LogP contribution in [0.4, 0.5) is 0 Å². The van der Waals surface area contributed by atoms with Gasteiger partial charge in [0, 0.05) is 0 Å². The number of rotatable bonds is 2. The second-order valence-corrected chi connectivity index (χ2v) is 3.38. The fraction of sp³-hybridized carbons (Fsp3) is 0. The van der Waals surface area contributed by atoms with Crippen molar-refractivity contribution in [3.63, 3.8) is 0 Å². The molecule has 6 nitrogen and oxygen atoms in total. The molecule has 0 aliphatic carbocycles. The number of aliphatic hydroxyl groups is 1. The summed E-state index contributed by atoms with van der Waals surface area (Å²) < 4.78 is 0. The van der Waals surface area contributed by atoms with Crippen LogP contribution in [0.1, 0.15) is 5.56 Å². The van der Waals surface area contributed by atoms with Crippen LogP contribution in [0.15, 0.2) is 47.5 Å². The van der Waals surface area contributed by atoms with Gasteiger partial charge in [-0.1, -0.05) is 30.3 Å². The van der Waals surface area contributed by atoms with E-state index in [-0.39, 0.29) is 5.70 Å². The van der Waals surface area contributed by atoms with Gasteiger partial charge in [0.2, 0.25) is 5.76 Å². The zero-order chi connectivity index (χ0) is 12.4. The molecule has 0 bridgehead atoms. The minimum Gasteiger partial charge on any atom is -0.500 e. The Kier molecular flexibility index (Phi) is 2.61. The van der Waals surface area contributed by atoms with Gasteiger partial charge in [-0.2, -0.15) is 0 Å². The maximum Gasteiger partial charge on any atom is 0.377 e. The molecule has 6 heteroatoms. The Balaban J connectivity index is 2.41. The number of nitrogens with zero attached hydrogens (tertiary/aromatic N) is 1. The molecule has 0 aromatic heterocycles. The Bertz CT molecular complexity index is 546. The molecule has 1 aliphatic heterocycles. The number of hydrogen-bond donors (Lipinski definition) is 2. The van der Waals surface area contributed by atoms with Gasteiger partial charge in [0.05, 0.1) is 10.6 Å². The van der Waals surface area contributed by atoms with Crippen molar-refractivity contribution < 1.29 is 14.8 Å². The smallest absolute Gasteiger partial charge is 0.377 e. The van der Waals surface area contributed by atoms with Gasteiger partial charge in [-0.3, -0.25) is 14.9 Å². The van der Waals surface area contributed by atoms with Gasteiger partial charge in [0.25, 0.3) is 0 Å². The van der Waals surface area contributed by atoms with E-state index >= 15 is 0 Å². The molecule has 2 rings (SSSR count). The topological polar surface area (TPSA) is 92.5 Å². The molecular weight excluding hydrogens is 224 g/mol. The van der Waals surface area contributed by atoms with E-state index in [0.29, 0.717) is 0 Å². The lowest BCUT2D eigenvalue weighted by molar-refractivity contribution is -0.420. The average molecular weight is 232 g/mol. The van der Waals surface area contributed by atoms with Crippen LogP contribution in [-0.2, 0) is 4.79 Å².